The van der Waals surface area contributed by atoms with Gasteiger partial charge in [-0.05, 0) is 68.1 Å². The second kappa shape index (κ2) is 25.5. The van der Waals surface area contributed by atoms with Crippen LogP contribution in [-0.4, -0.2) is 22.0 Å². The molecule has 32 heavy (non-hydrogen) atoms. The molecule has 2 atom stereocenters. The Morgan fingerprint density at radius 3 is 1.34 bits per heavy atom. The van der Waals surface area contributed by atoms with E-state index in [1.165, 1.54) is 141 Å². The van der Waals surface area contributed by atoms with Crippen molar-refractivity contribution in [3.05, 3.63) is 0 Å². The van der Waals surface area contributed by atoms with Gasteiger partial charge in [-0.3, -0.25) is 0 Å². The van der Waals surface area contributed by atoms with E-state index < -0.39 is 0 Å². The van der Waals surface area contributed by atoms with E-state index in [2.05, 4.69) is 44.8 Å². The Kier molecular flexibility index (Phi) is 26.6. The van der Waals surface area contributed by atoms with Crippen molar-refractivity contribution in [2.45, 2.75) is 153 Å². The first-order chi connectivity index (χ1) is 15.6. The Morgan fingerprint density at radius 2 is 0.812 bits per heavy atom. The average molecular weight is 523 g/mol. The SMILES string of the molecule is CCCCCCCCCCC(CCCCS)C(S)(CCCCS)CCCCCCCCS. The first-order valence-corrected chi connectivity index (χ1v) is 16.5. The highest BCUT2D eigenvalue weighted by Crippen LogP contribution is 2.41. The molecule has 0 heterocycles. The minimum Gasteiger partial charge on any atom is -0.179 e. The Hall–Kier alpha value is 1.40. The van der Waals surface area contributed by atoms with Crippen molar-refractivity contribution in [1.82, 2.24) is 0 Å². The Balaban J connectivity index is 4.63. The van der Waals surface area contributed by atoms with Crippen LogP contribution in [0.15, 0.2) is 0 Å². The molecule has 0 aromatic rings. The van der Waals surface area contributed by atoms with Crippen molar-refractivity contribution in [2.24, 2.45) is 5.92 Å². The van der Waals surface area contributed by atoms with Crippen LogP contribution in [0.3, 0.4) is 0 Å². The highest BCUT2D eigenvalue weighted by Gasteiger charge is 2.33. The zero-order chi connectivity index (χ0) is 23.8. The third kappa shape index (κ3) is 19.7. The number of hydrogen-bond acceptors (Lipinski definition) is 4. The van der Waals surface area contributed by atoms with Crippen LogP contribution in [0.2, 0.25) is 0 Å². The smallest absolute Gasteiger partial charge is 0.0158 e. The third-order valence-corrected chi connectivity index (χ3v) is 8.92. The summed E-state index contributed by atoms with van der Waals surface area (Å²) in [6, 6.07) is 0. The van der Waals surface area contributed by atoms with E-state index in [0.717, 1.165) is 23.2 Å². The number of unbranched alkanes of at least 4 members (excludes halogenated alkanes) is 14. The lowest BCUT2D eigenvalue weighted by Crippen LogP contribution is -2.33. The molecular weight excluding hydrogens is 465 g/mol. The van der Waals surface area contributed by atoms with Crippen molar-refractivity contribution < 1.29 is 0 Å². The molecule has 0 amide bonds. The fourth-order valence-electron chi connectivity index (χ4n) is 5.04. The van der Waals surface area contributed by atoms with Crippen LogP contribution in [0.25, 0.3) is 0 Å². The third-order valence-electron chi connectivity index (χ3n) is 7.16. The monoisotopic (exact) mass is 522 g/mol. The van der Waals surface area contributed by atoms with Crippen LogP contribution in [0.1, 0.15) is 148 Å². The summed E-state index contributed by atoms with van der Waals surface area (Å²) in [4.78, 5) is 0. The Morgan fingerprint density at radius 1 is 0.469 bits per heavy atom. The van der Waals surface area contributed by atoms with Gasteiger partial charge in [0.05, 0.1) is 0 Å². The molecule has 0 aliphatic carbocycles. The molecular formula is C28H58S4. The minimum atomic E-state index is 0.228. The highest BCUT2D eigenvalue weighted by atomic mass is 32.1. The molecule has 0 rings (SSSR count). The van der Waals surface area contributed by atoms with Crippen molar-refractivity contribution in [3.63, 3.8) is 0 Å². The predicted octanol–water partition coefficient (Wildman–Crippen LogP) is 10.7. The van der Waals surface area contributed by atoms with Crippen LogP contribution in [0.5, 0.6) is 0 Å². The molecule has 0 aromatic carbocycles. The van der Waals surface area contributed by atoms with E-state index >= 15 is 0 Å². The molecule has 0 aromatic heterocycles. The fraction of sp³-hybridized carbons (Fsp3) is 1.00. The standard InChI is InChI=1S/C28H58S4/c1-2-3-4-5-6-7-10-13-20-27(21-14-18-25-30)28(32,23-16-19-26-31)22-15-11-8-9-12-17-24-29/h27,29-32H,2-26H2,1H3. The molecule has 194 valence electrons. The van der Waals surface area contributed by atoms with Gasteiger partial charge in [0.15, 0.2) is 0 Å². The molecule has 0 aliphatic heterocycles. The normalized spacial score (nSPS) is 14.5. The zero-order valence-electron chi connectivity index (χ0n) is 21.5. The maximum atomic E-state index is 5.47. The molecule has 0 nitrogen and oxygen atoms in total. The largest absolute Gasteiger partial charge is 0.179 e. The first kappa shape index (κ1) is 33.4. The van der Waals surface area contributed by atoms with Gasteiger partial charge in [-0.2, -0.15) is 50.5 Å². The van der Waals surface area contributed by atoms with Crippen molar-refractivity contribution in [1.29, 1.82) is 0 Å². The maximum absolute atomic E-state index is 5.47. The van der Waals surface area contributed by atoms with Crippen LogP contribution in [0, 0.1) is 5.92 Å². The molecule has 0 saturated heterocycles. The van der Waals surface area contributed by atoms with Crippen molar-refractivity contribution in [3.8, 4) is 0 Å². The van der Waals surface area contributed by atoms with Gasteiger partial charge in [0.25, 0.3) is 0 Å². The van der Waals surface area contributed by atoms with Crippen molar-refractivity contribution in [2.75, 3.05) is 17.3 Å². The molecule has 4 heteroatoms. The van der Waals surface area contributed by atoms with Gasteiger partial charge < -0.3 is 0 Å². The van der Waals surface area contributed by atoms with E-state index in [-0.39, 0.29) is 4.75 Å². The second-order valence-electron chi connectivity index (χ2n) is 10.1. The van der Waals surface area contributed by atoms with Gasteiger partial charge >= 0.3 is 0 Å². The summed E-state index contributed by atoms with van der Waals surface area (Å²) in [6.45, 7) is 2.30. The Labute approximate surface area is 225 Å². The van der Waals surface area contributed by atoms with E-state index in [1.807, 2.05) is 0 Å². The van der Waals surface area contributed by atoms with Gasteiger partial charge in [-0.25, -0.2) is 0 Å². The summed E-state index contributed by atoms with van der Waals surface area (Å²) in [7, 11) is 0. The van der Waals surface area contributed by atoms with Crippen molar-refractivity contribution >= 4 is 50.5 Å². The predicted molar refractivity (Wildman–Crippen MR) is 164 cm³/mol. The van der Waals surface area contributed by atoms with Crippen LogP contribution in [-0.2, 0) is 0 Å². The van der Waals surface area contributed by atoms with Crippen LogP contribution < -0.4 is 0 Å². The fourth-order valence-corrected chi connectivity index (χ4v) is 6.28. The van der Waals surface area contributed by atoms with Crippen LogP contribution in [0.4, 0.5) is 0 Å². The summed E-state index contributed by atoms with van der Waals surface area (Å²) in [5.41, 5.74) is 0. The molecule has 2 unspecified atom stereocenters. The lowest BCUT2D eigenvalue weighted by atomic mass is 9.77. The molecule has 0 N–H and O–H groups in total. The quantitative estimate of drug-likeness (QED) is 0.0630. The lowest BCUT2D eigenvalue weighted by Gasteiger charge is -2.38. The summed E-state index contributed by atoms with van der Waals surface area (Å²) < 4.78 is 0.228. The summed E-state index contributed by atoms with van der Waals surface area (Å²) >= 11 is 18.8. The molecule has 0 fully saturated rings. The highest BCUT2D eigenvalue weighted by molar-refractivity contribution is 7.81. The van der Waals surface area contributed by atoms with Gasteiger partial charge in [0.1, 0.15) is 0 Å². The molecule has 0 spiro atoms. The minimum absolute atomic E-state index is 0.228. The van der Waals surface area contributed by atoms with E-state index in [4.69, 9.17) is 12.6 Å². The second-order valence-corrected chi connectivity index (χ2v) is 12.3. The molecule has 0 bridgehead atoms. The van der Waals surface area contributed by atoms with Gasteiger partial charge in [-0.1, -0.05) is 103 Å². The van der Waals surface area contributed by atoms with E-state index in [0.29, 0.717) is 0 Å². The van der Waals surface area contributed by atoms with Gasteiger partial charge in [0, 0.05) is 4.75 Å². The lowest BCUT2D eigenvalue weighted by molar-refractivity contribution is 0.276. The molecule has 0 aliphatic rings. The van der Waals surface area contributed by atoms with Crippen LogP contribution >= 0.6 is 50.5 Å². The van der Waals surface area contributed by atoms with Gasteiger partial charge in [0.2, 0.25) is 0 Å². The number of hydrogen-bond donors (Lipinski definition) is 4. The first-order valence-electron chi connectivity index (χ1n) is 14.2. The van der Waals surface area contributed by atoms with Gasteiger partial charge in [-0.15, -0.1) is 0 Å². The number of rotatable bonds is 26. The topological polar surface area (TPSA) is 0 Å². The summed E-state index contributed by atoms with van der Waals surface area (Å²) in [5, 5.41) is 0. The Bertz CT molecular complexity index is 363. The average Bonchev–Trinajstić information content (AvgIpc) is 2.79. The molecule has 0 radical (unpaired) electrons. The summed E-state index contributed by atoms with van der Waals surface area (Å²) in [5.74, 6) is 3.85. The molecule has 0 saturated carbocycles. The maximum Gasteiger partial charge on any atom is 0.0158 e. The number of thiol groups is 4. The summed E-state index contributed by atoms with van der Waals surface area (Å²) in [6.07, 6.45) is 29.8. The van der Waals surface area contributed by atoms with E-state index in [9.17, 15) is 0 Å². The zero-order valence-corrected chi connectivity index (χ0v) is 25.1. The van der Waals surface area contributed by atoms with E-state index in [1.54, 1.807) is 0 Å².